The third kappa shape index (κ3) is 4.29. The normalized spacial score (nSPS) is 24.9. The number of carboxylic acids is 1. The summed E-state index contributed by atoms with van der Waals surface area (Å²) in [5.41, 5.74) is -1.24. The molecule has 33 heavy (non-hydrogen) atoms. The van der Waals surface area contributed by atoms with Gasteiger partial charge in [-0.25, -0.2) is 17.2 Å². The average molecular weight is 480 g/mol. The minimum atomic E-state index is -3.82. The topological polar surface area (TPSA) is 83.9 Å². The molecule has 2 heterocycles. The van der Waals surface area contributed by atoms with E-state index in [1.807, 2.05) is 0 Å². The molecule has 2 aliphatic rings. The number of hydrogen-bond acceptors (Lipinski definition) is 4. The van der Waals surface area contributed by atoms with Gasteiger partial charge in [0.25, 0.3) is 0 Å². The lowest BCUT2D eigenvalue weighted by atomic mass is 9.73. The smallest absolute Gasteiger partial charge is 0.314 e. The molecule has 0 radical (unpaired) electrons. The zero-order chi connectivity index (χ0) is 23.8. The van der Waals surface area contributed by atoms with E-state index in [2.05, 4.69) is 0 Å². The van der Waals surface area contributed by atoms with Crippen LogP contribution in [0.1, 0.15) is 54.5 Å². The standard InChI is InChI=1S/C24H27F2NO5S/c1-16-7-8-22(17-5-3-2-4-6-17)33(30,31)27(16)15-18-13-21(26)19(14-20(18)25)24(23(28)29)9-11-32-12-10-24/h2-6,13-14,16,22H,7-12,15H2,1H3,(H,28,29)/t16-,22+/m0/s1. The molecule has 0 aliphatic carbocycles. The van der Waals surface area contributed by atoms with Crippen LogP contribution >= 0.6 is 0 Å². The van der Waals surface area contributed by atoms with E-state index < -0.39 is 38.3 Å². The third-order valence-corrected chi connectivity index (χ3v) is 9.30. The predicted molar refractivity (Wildman–Crippen MR) is 118 cm³/mol. The van der Waals surface area contributed by atoms with Crippen LogP contribution in [0.3, 0.4) is 0 Å². The summed E-state index contributed by atoms with van der Waals surface area (Å²) < 4.78 is 63.6. The lowest BCUT2D eigenvalue weighted by molar-refractivity contribution is -0.148. The molecular formula is C24H27F2NO5S. The molecule has 0 unspecified atom stereocenters. The molecule has 0 bridgehead atoms. The molecule has 2 atom stereocenters. The van der Waals surface area contributed by atoms with Gasteiger partial charge in [0.15, 0.2) is 0 Å². The van der Waals surface area contributed by atoms with Crippen molar-refractivity contribution < 1.29 is 31.8 Å². The number of aliphatic carboxylic acids is 1. The van der Waals surface area contributed by atoms with E-state index in [1.54, 1.807) is 37.3 Å². The van der Waals surface area contributed by atoms with Crippen LogP contribution in [0.15, 0.2) is 42.5 Å². The van der Waals surface area contributed by atoms with Crippen LogP contribution in [0.5, 0.6) is 0 Å². The SMILES string of the molecule is C[C@H]1CC[C@H](c2ccccc2)S(=O)(=O)N1Cc1cc(F)c(C2(C(=O)O)CCOCC2)cc1F. The Labute approximate surface area is 192 Å². The van der Waals surface area contributed by atoms with Gasteiger partial charge in [0, 0.05) is 36.9 Å². The molecule has 2 aliphatic heterocycles. The van der Waals surface area contributed by atoms with Gasteiger partial charge in [-0.1, -0.05) is 30.3 Å². The zero-order valence-electron chi connectivity index (χ0n) is 18.3. The van der Waals surface area contributed by atoms with Gasteiger partial charge in [0.2, 0.25) is 10.0 Å². The van der Waals surface area contributed by atoms with Crippen molar-refractivity contribution in [2.45, 2.75) is 55.9 Å². The first-order valence-corrected chi connectivity index (χ1v) is 12.5. The fourth-order valence-corrected chi connectivity index (χ4v) is 7.10. The second-order valence-electron chi connectivity index (χ2n) is 8.84. The highest BCUT2D eigenvalue weighted by Crippen LogP contribution is 2.40. The van der Waals surface area contributed by atoms with E-state index in [0.29, 0.717) is 18.4 Å². The van der Waals surface area contributed by atoms with Gasteiger partial charge in [0.05, 0.1) is 5.41 Å². The van der Waals surface area contributed by atoms with Gasteiger partial charge in [0.1, 0.15) is 16.9 Å². The average Bonchev–Trinajstić information content (AvgIpc) is 2.79. The molecule has 2 saturated heterocycles. The molecule has 2 aromatic rings. The van der Waals surface area contributed by atoms with Crippen molar-refractivity contribution >= 4 is 16.0 Å². The highest BCUT2D eigenvalue weighted by atomic mass is 32.2. The Morgan fingerprint density at radius 3 is 2.42 bits per heavy atom. The molecule has 0 saturated carbocycles. The molecule has 6 nitrogen and oxygen atoms in total. The fourth-order valence-electron chi connectivity index (χ4n) is 4.91. The number of ether oxygens (including phenoxy) is 1. The quantitative estimate of drug-likeness (QED) is 0.697. The Morgan fingerprint density at radius 1 is 1.12 bits per heavy atom. The van der Waals surface area contributed by atoms with Gasteiger partial charge < -0.3 is 9.84 Å². The Balaban J connectivity index is 1.67. The maximum absolute atomic E-state index is 15.2. The molecule has 4 rings (SSSR count). The van der Waals surface area contributed by atoms with Crippen LogP contribution in [0.25, 0.3) is 0 Å². The number of halogens is 2. The number of rotatable bonds is 5. The Hall–Kier alpha value is -2.36. The number of carbonyl (C=O) groups is 1. The van der Waals surface area contributed by atoms with Crippen LogP contribution in [0.2, 0.25) is 0 Å². The van der Waals surface area contributed by atoms with E-state index in [1.165, 1.54) is 4.31 Å². The number of benzene rings is 2. The van der Waals surface area contributed by atoms with Crippen molar-refractivity contribution in [3.05, 3.63) is 70.8 Å². The number of sulfonamides is 1. The Morgan fingerprint density at radius 2 is 1.79 bits per heavy atom. The summed E-state index contributed by atoms with van der Waals surface area (Å²) in [5.74, 6) is -2.89. The van der Waals surface area contributed by atoms with Crippen molar-refractivity contribution in [2.24, 2.45) is 0 Å². The van der Waals surface area contributed by atoms with Gasteiger partial charge in [-0.2, -0.15) is 4.31 Å². The first-order chi connectivity index (χ1) is 15.7. The molecule has 2 fully saturated rings. The monoisotopic (exact) mass is 479 g/mol. The number of nitrogens with zero attached hydrogens (tertiary/aromatic N) is 1. The summed E-state index contributed by atoms with van der Waals surface area (Å²) in [5, 5.41) is 9.05. The van der Waals surface area contributed by atoms with Crippen LogP contribution in [-0.2, 0) is 31.5 Å². The second-order valence-corrected chi connectivity index (χ2v) is 10.9. The summed E-state index contributed by atoms with van der Waals surface area (Å²) in [6, 6.07) is 10.3. The van der Waals surface area contributed by atoms with Gasteiger partial charge in [-0.15, -0.1) is 0 Å². The van der Waals surface area contributed by atoms with E-state index in [0.717, 1.165) is 12.1 Å². The Kier molecular flexibility index (Phi) is 6.57. The summed E-state index contributed by atoms with van der Waals surface area (Å²) in [4.78, 5) is 12.0. The van der Waals surface area contributed by atoms with Crippen molar-refractivity contribution in [2.75, 3.05) is 13.2 Å². The summed E-state index contributed by atoms with van der Waals surface area (Å²) in [7, 11) is -3.82. The van der Waals surface area contributed by atoms with Crippen molar-refractivity contribution in [3.8, 4) is 0 Å². The molecule has 1 N–H and O–H groups in total. The largest absolute Gasteiger partial charge is 0.481 e. The fraction of sp³-hybridized carbons (Fsp3) is 0.458. The van der Waals surface area contributed by atoms with E-state index in [-0.39, 0.29) is 49.8 Å². The first kappa shape index (κ1) is 23.8. The highest BCUT2D eigenvalue weighted by molar-refractivity contribution is 7.89. The zero-order valence-corrected chi connectivity index (χ0v) is 19.2. The molecule has 0 amide bonds. The first-order valence-electron chi connectivity index (χ1n) is 11.0. The van der Waals surface area contributed by atoms with Crippen LogP contribution in [0, 0.1) is 11.6 Å². The number of hydrogen-bond donors (Lipinski definition) is 1. The van der Waals surface area contributed by atoms with E-state index in [9.17, 15) is 18.3 Å². The van der Waals surface area contributed by atoms with Gasteiger partial charge in [-0.3, -0.25) is 4.79 Å². The summed E-state index contributed by atoms with van der Waals surface area (Å²) >= 11 is 0. The lowest BCUT2D eigenvalue weighted by Crippen LogP contribution is -2.45. The maximum atomic E-state index is 15.2. The molecule has 2 aromatic carbocycles. The van der Waals surface area contributed by atoms with Gasteiger partial charge in [-0.05, 0) is 50.3 Å². The predicted octanol–water partition coefficient (Wildman–Crippen LogP) is 4.15. The molecular weight excluding hydrogens is 452 g/mol. The minimum Gasteiger partial charge on any atom is -0.481 e. The molecule has 9 heteroatoms. The molecule has 0 spiro atoms. The van der Waals surface area contributed by atoms with E-state index in [4.69, 9.17) is 4.74 Å². The highest BCUT2D eigenvalue weighted by Gasteiger charge is 2.45. The van der Waals surface area contributed by atoms with Crippen LogP contribution < -0.4 is 0 Å². The van der Waals surface area contributed by atoms with Crippen molar-refractivity contribution in [1.29, 1.82) is 0 Å². The third-order valence-electron chi connectivity index (χ3n) is 6.93. The maximum Gasteiger partial charge on any atom is 0.314 e. The Bertz CT molecular complexity index is 1130. The molecule has 0 aromatic heterocycles. The molecule has 178 valence electrons. The van der Waals surface area contributed by atoms with Crippen molar-refractivity contribution in [1.82, 2.24) is 4.31 Å². The van der Waals surface area contributed by atoms with Crippen molar-refractivity contribution in [3.63, 3.8) is 0 Å². The summed E-state index contributed by atoms with van der Waals surface area (Å²) in [6.45, 7) is 1.71. The lowest BCUT2D eigenvalue weighted by Gasteiger charge is -2.38. The van der Waals surface area contributed by atoms with Crippen LogP contribution in [0.4, 0.5) is 8.78 Å². The van der Waals surface area contributed by atoms with Crippen LogP contribution in [-0.4, -0.2) is 43.1 Å². The second kappa shape index (κ2) is 9.12. The minimum absolute atomic E-state index is 0.0360. The van der Waals surface area contributed by atoms with E-state index >= 15 is 8.78 Å². The number of carboxylic acid groups (broad SMARTS) is 1. The summed E-state index contributed by atoms with van der Waals surface area (Å²) in [6.07, 6.45) is 1.11. The van der Waals surface area contributed by atoms with Gasteiger partial charge >= 0.3 is 5.97 Å².